The molecule has 0 aromatic carbocycles. The molecule has 1 unspecified atom stereocenters. The number of hydrogen-bond acceptors (Lipinski definition) is 4. The van der Waals surface area contributed by atoms with Gasteiger partial charge in [-0.05, 0) is 37.9 Å². The Hall–Kier alpha value is -1.95. The third-order valence-corrected chi connectivity index (χ3v) is 4.12. The summed E-state index contributed by atoms with van der Waals surface area (Å²) in [6.07, 6.45) is 4.11. The zero-order valence-corrected chi connectivity index (χ0v) is 12.2. The van der Waals surface area contributed by atoms with E-state index in [-0.39, 0.29) is 23.4 Å². The maximum absolute atomic E-state index is 12.4. The largest absolute Gasteiger partial charge is 0.478 e. The molecule has 0 radical (unpaired) electrons. The van der Waals surface area contributed by atoms with E-state index in [0.29, 0.717) is 12.2 Å². The molecule has 1 atom stereocenters. The number of nitrogens with zero attached hydrogens (tertiary/aromatic N) is 1. The minimum atomic E-state index is -0.994. The number of piperidine rings is 1. The van der Waals surface area contributed by atoms with E-state index >= 15 is 0 Å². The molecule has 2 heterocycles. The Morgan fingerprint density at radius 2 is 2.33 bits per heavy atom. The zero-order chi connectivity index (χ0) is 15.3. The number of carboxylic acids is 1. The van der Waals surface area contributed by atoms with E-state index in [1.54, 1.807) is 0 Å². The van der Waals surface area contributed by atoms with Crippen LogP contribution in [-0.4, -0.2) is 35.1 Å². The Labute approximate surface area is 124 Å². The zero-order valence-electron chi connectivity index (χ0n) is 12.2. The summed E-state index contributed by atoms with van der Waals surface area (Å²) >= 11 is 0. The van der Waals surface area contributed by atoms with E-state index in [1.807, 2.05) is 6.92 Å². The van der Waals surface area contributed by atoms with Gasteiger partial charge in [0.25, 0.3) is 0 Å². The lowest BCUT2D eigenvalue weighted by molar-refractivity contribution is -0.132. The molecule has 1 fully saturated rings. The van der Waals surface area contributed by atoms with Gasteiger partial charge in [-0.25, -0.2) is 4.79 Å². The molecule has 1 aliphatic rings. The van der Waals surface area contributed by atoms with Gasteiger partial charge >= 0.3 is 5.97 Å². The van der Waals surface area contributed by atoms with E-state index in [2.05, 4.69) is 15.6 Å². The summed E-state index contributed by atoms with van der Waals surface area (Å²) in [4.78, 5) is 27.5. The van der Waals surface area contributed by atoms with Crippen molar-refractivity contribution in [3.05, 3.63) is 29.6 Å². The molecule has 0 spiro atoms. The number of carbonyl (C=O) groups is 2. The van der Waals surface area contributed by atoms with E-state index in [4.69, 9.17) is 5.11 Å². The first-order valence-corrected chi connectivity index (χ1v) is 7.25. The minimum Gasteiger partial charge on any atom is -0.478 e. The normalized spacial score (nSPS) is 21.8. The summed E-state index contributed by atoms with van der Waals surface area (Å²) in [5.74, 6) is -0.980. The summed E-state index contributed by atoms with van der Waals surface area (Å²) in [5.41, 5.74) is 0.375. The Morgan fingerprint density at radius 1 is 1.52 bits per heavy atom. The topological polar surface area (TPSA) is 91.3 Å². The van der Waals surface area contributed by atoms with Gasteiger partial charge in [-0.1, -0.05) is 6.92 Å². The number of hydrogen-bond donors (Lipinski definition) is 3. The van der Waals surface area contributed by atoms with Gasteiger partial charge in [0, 0.05) is 12.7 Å². The summed E-state index contributed by atoms with van der Waals surface area (Å²) in [5, 5.41) is 15.1. The lowest BCUT2D eigenvalue weighted by Gasteiger charge is -2.35. The van der Waals surface area contributed by atoms with Gasteiger partial charge in [-0.15, -0.1) is 0 Å². The molecule has 1 saturated heterocycles. The predicted octanol–water partition coefficient (Wildman–Crippen LogP) is 1.18. The molecule has 114 valence electrons. The first-order valence-electron chi connectivity index (χ1n) is 7.25. The summed E-state index contributed by atoms with van der Waals surface area (Å²) in [6.45, 7) is 3.92. The van der Waals surface area contributed by atoms with E-state index in [9.17, 15) is 9.59 Å². The molecule has 0 aliphatic carbocycles. The van der Waals surface area contributed by atoms with Crippen molar-refractivity contribution in [3.63, 3.8) is 0 Å². The first-order chi connectivity index (χ1) is 10.1. The molecule has 21 heavy (non-hydrogen) atoms. The number of carbonyl (C=O) groups excluding carboxylic acids is 1. The van der Waals surface area contributed by atoms with Crippen molar-refractivity contribution in [3.8, 4) is 0 Å². The molecule has 0 saturated carbocycles. The third-order valence-electron chi connectivity index (χ3n) is 4.12. The molecular formula is C15H21N3O3. The fourth-order valence-electron chi connectivity index (χ4n) is 2.69. The van der Waals surface area contributed by atoms with Crippen molar-refractivity contribution < 1.29 is 14.7 Å². The Morgan fingerprint density at radius 3 is 2.95 bits per heavy atom. The van der Waals surface area contributed by atoms with Crippen molar-refractivity contribution in [1.82, 2.24) is 15.6 Å². The fourth-order valence-corrected chi connectivity index (χ4v) is 2.69. The van der Waals surface area contributed by atoms with Crippen LogP contribution in [0, 0.1) is 5.41 Å². The standard InChI is InChI=1S/C15H21N3O3/c1-2-15(5-3-6-16-10-15)14(21)18-9-12-8-11(13(19)20)4-7-17-12/h4,7-8,16H,2-3,5-6,9-10H2,1H3,(H,18,21)(H,19,20). The van der Waals surface area contributed by atoms with Crippen LogP contribution in [0.2, 0.25) is 0 Å². The molecule has 6 heteroatoms. The van der Waals surface area contributed by atoms with Gasteiger partial charge in [0.15, 0.2) is 0 Å². The average molecular weight is 291 g/mol. The summed E-state index contributed by atoms with van der Waals surface area (Å²) < 4.78 is 0. The Kier molecular flexibility index (Phi) is 4.90. The average Bonchev–Trinajstić information content (AvgIpc) is 2.53. The highest BCUT2D eigenvalue weighted by Gasteiger charge is 2.37. The molecule has 6 nitrogen and oxygen atoms in total. The van der Waals surface area contributed by atoms with Gasteiger partial charge in [0.2, 0.25) is 5.91 Å². The quantitative estimate of drug-likeness (QED) is 0.757. The van der Waals surface area contributed by atoms with Crippen molar-refractivity contribution in [2.45, 2.75) is 32.7 Å². The number of aromatic nitrogens is 1. The van der Waals surface area contributed by atoms with E-state index in [1.165, 1.54) is 18.3 Å². The van der Waals surface area contributed by atoms with Crippen molar-refractivity contribution >= 4 is 11.9 Å². The summed E-state index contributed by atoms with van der Waals surface area (Å²) in [7, 11) is 0. The highest BCUT2D eigenvalue weighted by molar-refractivity contribution is 5.87. The number of rotatable bonds is 5. The second-order valence-corrected chi connectivity index (χ2v) is 5.44. The van der Waals surface area contributed by atoms with Crippen LogP contribution < -0.4 is 10.6 Å². The highest BCUT2D eigenvalue weighted by atomic mass is 16.4. The van der Waals surface area contributed by atoms with Gasteiger partial charge in [-0.2, -0.15) is 0 Å². The van der Waals surface area contributed by atoms with Crippen LogP contribution >= 0.6 is 0 Å². The van der Waals surface area contributed by atoms with Gasteiger partial charge in [0.1, 0.15) is 0 Å². The highest BCUT2D eigenvalue weighted by Crippen LogP contribution is 2.30. The van der Waals surface area contributed by atoms with Crippen molar-refractivity contribution in [2.75, 3.05) is 13.1 Å². The number of carboxylic acid groups (broad SMARTS) is 1. The molecule has 1 aliphatic heterocycles. The SMILES string of the molecule is CCC1(C(=O)NCc2cc(C(=O)O)ccn2)CCCNC1. The summed E-state index contributed by atoms with van der Waals surface area (Å²) in [6, 6.07) is 2.92. The number of aromatic carboxylic acids is 1. The molecule has 0 bridgehead atoms. The molecular weight excluding hydrogens is 270 g/mol. The Balaban J connectivity index is 2.00. The van der Waals surface area contributed by atoms with Crippen molar-refractivity contribution in [2.24, 2.45) is 5.41 Å². The van der Waals surface area contributed by atoms with Crippen molar-refractivity contribution in [1.29, 1.82) is 0 Å². The molecule has 1 amide bonds. The third kappa shape index (κ3) is 3.58. The number of nitrogens with one attached hydrogen (secondary N) is 2. The van der Waals surface area contributed by atoms with Crippen LogP contribution in [0.25, 0.3) is 0 Å². The van der Waals surface area contributed by atoms with E-state index in [0.717, 1.165) is 25.8 Å². The van der Waals surface area contributed by atoms with Crippen LogP contribution in [-0.2, 0) is 11.3 Å². The van der Waals surface area contributed by atoms with Gasteiger partial charge < -0.3 is 15.7 Å². The molecule has 1 aromatic heterocycles. The van der Waals surface area contributed by atoms with Gasteiger partial charge in [-0.3, -0.25) is 9.78 Å². The first kappa shape index (κ1) is 15.4. The predicted molar refractivity (Wildman–Crippen MR) is 77.9 cm³/mol. The molecule has 2 rings (SSSR count). The van der Waals surface area contributed by atoms with Crippen LogP contribution in [0.4, 0.5) is 0 Å². The lowest BCUT2D eigenvalue weighted by atomic mass is 9.77. The van der Waals surface area contributed by atoms with E-state index < -0.39 is 5.97 Å². The molecule has 3 N–H and O–H groups in total. The number of amides is 1. The maximum Gasteiger partial charge on any atom is 0.335 e. The second kappa shape index (κ2) is 6.67. The Bertz CT molecular complexity index is 525. The fraction of sp³-hybridized carbons (Fsp3) is 0.533. The smallest absolute Gasteiger partial charge is 0.335 e. The minimum absolute atomic E-state index is 0.0136. The maximum atomic E-state index is 12.4. The number of pyridine rings is 1. The van der Waals surface area contributed by atoms with Crippen LogP contribution in [0.15, 0.2) is 18.3 Å². The van der Waals surface area contributed by atoms with Crippen LogP contribution in [0.1, 0.15) is 42.2 Å². The van der Waals surface area contributed by atoms with Gasteiger partial charge in [0.05, 0.1) is 23.2 Å². The second-order valence-electron chi connectivity index (χ2n) is 5.44. The monoisotopic (exact) mass is 291 g/mol. The van der Waals surface area contributed by atoms with Crippen LogP contribution in [0.5, 0.6) is 0 Å². The molecule has 1 aromatic rings. The van der Waals surface area contributed by atoms with Crippen LogP contribution in [0.3, 0.4) is 0 Å². The lowest BCUT2D eigenvalue weighted by Crippen LogP contribution is -2.50.